The van der Waals surface area contributed by atoms with Crippen molar-refractivity contribution >= 4 is 5.96 Å². The Hall–Kier alpha value is -2.44. The van der Waals surface area contributed by atoms with Gasteiger partial charge in [0.25, 0.3) is 0 Å². The van der Waals surface area contributed by atoms with Gasteiger partial charge in [-0.3, -0.25) is 4.99 Å². The molecule has 2 N–H and O–H groups in total. The van der Waals surface area contributed by atoms with E-state index in [1.807, 2.05) is 12.1 Å². The quantitative estimate of drug-likeness (QED) is 0.551. The second-order valence-corrected chi connectivity index (χ2v) is 7.31. The van der Waals surface area contributed by atoms with Crippen LogP contribution in [0.15, 0.2) is 47.5 Å². The monoisotopic (exact) mass is 399 g/mol. The van der Waals surface area contributed by atoms with Crippen LogP contribution >= 0.6 is 0 Å². The summed E-state index contributed by atoms with van der Waals surface area (Å²) in [5.74, 6) is 0.488. The maximum Gasteiger partial charge on any atom is 0.191 e. The van der Waals surface area contributed by atoms with E-state index in [-0.39, 0.29) is 5.82 Å². The molecule has 1 heterocycles. The van der Waals surface area contributed by atoms with E-state index >= 15 is 0 Å². The van der Waals surface area contributed by atoms with Gasteiger partial charge in [0.2, 0.25) is 0 Å². The number of aryl methyl sites for hydroxylation is 1. The van der Waals surface area contributed by atoms with Crippen LogP contribution in [0.5, 0.6) is 0 Å². The first kappa shape index (κ1) is 21.3. The predicted octanol–water partition coefficient (Wildman–Crippen LogP) is 3.69. The van der Waals surface area contributed by atoms with Crippen LogP contribution in [0.3, 0.4) is 0 Å². The number of ether oxygens (including phenoxy) is 2. The van der Waals surface area contributed by atoms with E-state index in [4.69, 9.17) is 9.47 Å². The summed E-state index contributed by atoms with van der Waals surface area (Å²) in [5.41, 5.74) is 3.84. The minimum atomic E-state index is -0.188. The Morgan fingerprint density at radius 2 is 1.76 bits per heavy atom. The number of rotatable bonds is 7. The van der Waals surface area contributed by atoms with E-state index in [2.05, 4.69) is 33.8 Å². The Labute approximate surface area is 172 Å². The number of nitrogens with one attached hydrogen (secondary N) is 2. The maximum atomic E-state index is 13.7. The van der Waals surface area contributed by atoms with Gasteiger partial charge in [0.15, 0.2) is 5.96 Å². The molecule has 6 heteroatoms. The van der Waals surface area contributed by atoms with Gasteiger partial charge in [-0.2, -0.15) is 0 Å². The summed E-state index contributed by atoms with van der Waals surface area (Å²) in [5, 5.41) is 6.52. The van der Waals surface area contributed by atoms with Gasteiger partial charge in [0, 0.05) is 33.4 Å². The molecule has 0 radical (unpaired) electrons. The molecule has 0 aliphatic carbocycles. The summed E-state index contributed by atoms with van der Waals surface area (Å²) in [6, 6.07) is 13.6. The molecule has 0 bridgehead atoms. The fourth-order valence-corrected chi connectivity index (χ4v) is 3.22. The van der Waals surface area contributed by atoms with Gasteiger partial charge in [-0.1, -0.05) is 36.4 Å². The van der Waals surface area contributed by atoms with Gasteiger partial charge in [0.05, 0.1) is 12.7 Å². The molecule has 0 unspecified atom stereocenters. The molecule has 0 aromatic heterocycles. The molecule has 1 fully saturated rings. The fraction of sp³-hybridized carbons (Fsp3) is 0.435. The van der Waals surface area contributed by atoms with Crippen molar-refractivity contribution in [3.05, 3.63) is 70.5 Å². The van der Waals surface area contributed by atoms with E-state index in [0.29, 0.717) is 37.3 Å². The van der Waals surface area contributed by atoms with Crippen LogP contribution in [-0.2, 0) is 29.2 Å². The van der Waals surface area contributed by atoms with E-state index in [0.717, 1.165) is 42.7 Å². The van der Waals surface area contributed by atoms with Crippen LogP contribution in [-0.4, -0.2) is 32.3 Å². The molecule has 1 saturated heterocycles. The van der Waals surface area contributed by atoms with Gasteiger partial charge in [-0.15, -0.1) is 0 Å². The molecular formula is C23H30FN3O2. The highest BCUT2D eigenvalue weighted by molar-refractivity contribution is 5.79. The molecule has 2 aromatic rings. The van der Waals surface area contributed by atoms with Gasteiger partial charge in [0.1, 0.15) is 5.82 Å². The van der Waals surface area contributed by atoms with Crippen molar-refractivity contribution in [1.82, 2.24) is 10.6 Å². The zero-order chi connectivity index (χ0) is 20.5. The maximum absolute atomic E-state index is 13.7. The second kappa shape index (κ2) is 10.9. The van der Waals surface area contributed by atoms with Gasteiger partial charge < -0.3 is 20.1 Å². The Morgan fingerprint density at radius 3 is 2.45 bits per heavy atom. The van der Waals surface area contributed by atoms with Gasteiger partial charge in [-0.05, 0) is 48.1 Å². The fourth-order valence-electron chi connectivity index (χ4n) is 3.22. The van der Waals surface area contributed by atoms with Crippen molar-refractivity contribution < 1.29 is 13.9 Å². The molecule has 29 heavy (non-hydrogen) atoms. The summed E-state index contributed by atoms with van der Waals surface area (Å²) in [4.78, 5) is 4.24. The minimum Gasteiger partial charge on any atom is -0.381 e. The Kier molecular flexibility index (Phi) is 8.02. The van der Waals surface area contributed by atoms with Crippen molar-refractivity contribution in [2.24, 2.45) is 4.99 Å². The summed E-state index contributed by atoms with van der Waals surface area (Å²) in [7, 11) is 1.73. The normalized spacial score (nSPS) is 15.3. The lowest BCUT2D eigenvalue weighted by Gasteiger charge is -2.22. The second-order valence-electron chi connectivity index (χ2n) is 7.31. The smallest absolute Gasteiger partial charge is 0.191 e. The molecule has 3 rings (SSSR count). The first-order valence-electron chi connectivity index (χ1n) is 10.1. The largest absolute Gasteiger partial charge is 0.381 e. The van der Waals surface area contributed by atoms with Crippen molar-refractivity contribution in [3.63, 3.8) is 0 Å². The number of hydrogen-bond donors (Lipinski definition) is 2. The third-order valence-corrected chi connectivity index (χ3v) is 5.03. The van der Waals surface area contributed by atoms with Gasteiger partial charge in [-0.25, -0.2) is 4.39 Å². The zero-order valence-electron chi connectivity index (χ0n) is 17.2. The molecule has 1 aliphatic rings. The van der Waals surface area contributed by atoms with Crippen LogP contribution in [0.4, 0.5) is 4.39 Å². The first-order chi connectivity index (χ1) is 14.1. The zero-order valence-corrected chi connectivity index (χ0v) is 17.2. The summed E-state index contributed by atoms with van der Waals surface area (Å²) in [6.45, 7) is 5.11. The molecule has 0 saturated carbocycles. The Bertz CT molecular complexity index is 820. The highest BCUT2D eigenvalue weighted by atomic mass is 19.1. The molecule has 156 valence electrons. The highest BCUT2D eigenvalue weighted by Crippen LogP contribution is 2.14. The van der Waals surface area contributed by atoms with Crippen molar-refractivity contribution in [3.8, 4) is 0 Å². The lowest BCUT2D eigenvalue weighted by molar-refractivity contribution is -0.0390. The topological polar surface area (TPSA) is 54.9 Å². The number of halogens is 1. The van der Waals surface area contributed by atoms with Crippen molar-refractivity contribution in [2.75, 3.05) is 20.3 Å². The Balaban J connectivity index is 1.46. The average Bonchev–Trinajstić information content (AvgIpc) is 2.76. The van der Waals surface area contributed by atoms with Crippen LogP contribution in [0.1, 0.15) is 35.1 Å². The van der Waals surface area contributed by atoms with Crippen molar-refractivity contribution in [1.29, 1.82) is 0 Å². The lowest BCUT2D eigenvalue weighted by Crippen LogP contribution is -2.36. The van der Waals surface area contributed by atoms with E-state index in [1.165, 1.54) is 0 Å². The third kappa shape index (κ3) is 6.84. The molecule has 0 atom stereocenters. The van der Waals surface area contributed by atoms with Crippen molar-refractivity contribution in [2.45, 2.75) is 45.6 Å². The molecular weight excluding hydrogens is 369 g/mol. The summed E-state index contributed by atoms with van der Waals surface area (Å²) < 4.78 is 25.1. The van der Waals surface area contributed by atoms with E-state index in [1.54, 1.807) is 26.1 Å². The van der Waals surface area contributed by atoms with Crippen LogP contribution < -0.4 is 10.6 Å². The highest BCUT2D eigenvalue weighted by Gasteiger charge is 2.14. The Morgan fingerprint density at radius 1 is 1.07 bits per heavy atom. The number of nitrogens with zero attached hydrogens (tertiary/aromatic N) is 1. The molecule has 0 spiro atoms. The number of hydrogen-bond acceptors (Lipinski definition) is 3. The van der Waals surface area contributed by atoms with Crippen LogP contribution in [0.2, 0.25) is 0 Å². The molecule has 0 amide bonds. The number of aliphatic imine (C=N–C) groups is 1. The predicted molar refractivity (Wildman–Crippen MR) is 113 cm³/mol. The third-order valence-electron chi connectivity index (χ3n) is 5.03. The van der Waals surface area contributed by atoms with E-state index < -0.39 is 0 Å². The van der Waals surface area contributed by atoms with Crippen LogP contribution in [0, 0.1) is 12.7 Å². The summed E-state index contributed by atoms with van der Waals surface area (Å²) >= 11 is 0. The molecule has 5 nitrogen and oxygen atoms in total. The molecule has 1 aliphatic heterocycles. The van der Waals surface area contributed by atoms with E-state index in [9.17, 15) is 4.39 Å². The summed E-state index contributed by atoms with van der Waals surface area (Å²) in [6.07, 6.45) is 2.22. The minimum absolute atomic E-state index is 0.188. The average molecular weight is 400 g/mol. The first-order valence-corrected chi connectivity index (χ1v) is 10.1. The molecule has 2 aromatic carbocycles. The number of benzene rings is 2. The lowest BCUT2D eigenvalue weighted by atomic mass is 10.1. The van der Waals surface area contributed by atoms with Crippen LogP contribution in [0.25, 0.3) is 0 Å². The number of guanidine groups is 1. The SMILES string of the molecule is CN=C(NCc1cccc(COC2CCOCC2)c1)NCc1ccc(C)c(F)c1. The standard InChI is InChI=1S/C23H30FN3O2/c1-17-6-7-19(13-22(17)24)15-27-23(25-2)26-14-18-4-3-5-20(12-18)16-29-21-8-10-28-11-9-21/h3-7,12-13,21H,8-11,14-16H2,1-2H3,(H2,25,26,27). The van der Waals surface area contributed by atoms with Gasteiger partial charge >= 0.3 is 0 Å².